The minimum atomic E-state index is -5.02. The van der Waals surface area contributed by atoms with E-state index in [-0.39, 0.29) is 28.4 Å². The molecule has 3 aromatic carbocycles. The Balaban J connectivity index is 1.89. The number of hydrogen-bond acceptors (Lipinski definition) is 6. The number of amides is 1. The molecular formula is C27H22Cl2F3NO7. The molecule has 0 radical (unpaired) electrons. The number of fused-ring (bicyclic) bond motifs is 1. The third-order valence-corrected chi connectivity index (χ3v) is 6.73. The lowest BCUT2D eigenvalue weighted by Gasteiger charge is -2.26. The van der Waals surface area contributed by atoms with Crippen LogP contribution in [0.5, 0.6) is 17.2 Å². The number of carbonyl (C=O) groups excluding carboxylic acids is 1. The minimum Gasteiger partial charge on any atom is -0.497 e. The van der Waals surface area contributed by atoms with Crippen molar-refractivity contribution in [2.45, 2.75) is 31.5 Å². The Hall–Kier alpha value is -3.67. The lowest BCUT2D eigenvalue weighted by atomic mass is 9.98. The Morgan fingerprint density at radius 1 is 1.02 bits per heavy atom. The standard InChI is InChI=1S/C27H22Cl2F3NO7/c1-37-16-8-6-14(21(11-16)38-2)13-33-19-9-7-15(28)10-18(19)25(39-22(26(33)36)12-23(34)35)17-4-3-5-20(24(17)29)40-27(30,31)32/h3-11,22,25H,12-13H2,1-2H3,(H,34,35)/t22-,25-/m1/s1. The van der Waals surface area contributed by atoms with Gasteiger partial charge in [-0.3, -0.25) is 9.59 Å². The predicted molar refractivity (Wildman–Crippen MR) is 139 cm³/mol. The first-order valence-electron chi connectivity index (χ1n) is 11.6. The van der Waals surface area contributed by atoms with E-state index in [9.17, 15) is 27.9 Å². The van der Waals surface area contributed by atoms with E-state index in [0.717, 1.165) is 6.07 Å². The number of rotatable bonds is 8. The van der Waals surface area contributed by atoms with Crippen molar-refractivity contribution in [3.05, 3.63) is 81.3 Å². The van der Waals surface area contributed by atoms with Gasteiger partial charge in [-0.2, -0.15) is 0 Å². The number of aliphatic carboxylic acids is 1. The third kappa shape index (κ3) is 6.38. The van der Waals surface area contributed by atoms with E-state index in [0.29, 0.717) is 17.1 Å². The van der Waals surface area contributed by atoms with E-state index in [1.807, 2.05) is 0 Å². The van der Waals surface area contributed by atoms with Gasteiger partial charge in [0.05, 0.1) is 37.9 Å². The number of hydrogen-bond donors (Lipinski definition) is 1. The summed E-state index contributed by atoms with van der Waals surface area (Å²) in [7, 11) is 2.93. The fourth-order valence-corrected chi connectivity index (χ4v) is 4.80. The summed E-state index contributed by atoms with van der Waals surface area (Å²) >= 11 is 12.6. The molecule has 13 heteroatoms. The van der Waals surface area contributed by atoms with E-state index in [1.165, 1.54) is 49.5 Å². The number of carboxylic acids is 1. The Labute approximate surface area is 236 Å². The van der Waals surface area contributed by atoms with Crippen LogP contribution >= 0.6 is 23.2 Å². The molecule has 1 amide bonds. The van der Waals surface area contributed by atoms with Crippen molar-refractivity contribution in [3.8, 4) is 17.2 Å². The van der Waals surface area contributed by atoms with Crippen LogP contribution in [-0.4, -0.2) is 43.7 Å². The first kappa shape index (κ1) is 29.3. The molecule has 1 aliphatic rings. The average Bonchev–Trinajstić information content (AvgIpc) is 2.99. The summed E-state index contributed by atoms with van der Waals surface area (Å²) in [4.78, 5) is 26.9. The van der Waals surface area contributed by atoms with E-state index >= 15 is 0 Å². The molecule has 0 unspecified atom stereocenters. The van der Waals surface area contributed by atoms with E-state index in [1.54, 1.807) is 18.2 Å². The summed E-state index contributed by atoms with van der Waals surface area (Å²) in [6.07, 6.45) is -8.58. The van der Waals surface area contributed by atoms with Crippen LogP contribution in [0.25, 0.3) is 0 Å². The zero-order chi connectivity index (χ0) is 29.2. The van der Waals surface area contributed by atoms with Gasteiger partial charge < -0.3 is 29.0 Å². The van der Waals surface area contributed by atoms with Gasteiger partial charge in [0.15, 0.2) is 0 Å². The van der Waals surface area contributed by atoms with Crippen LogP contribution in [-0.2, 0) is 20.9 Å². The number of anilines is 1. The maximum Gasteiger partial charge on any atom is 0.573 e. The SMILES string of the molecule is COc1ccc(CN2C(=O)[C@@H](CC(=O)O)O[C@H](c3cccc(OC(F)(F)F)c3Cl)c3cc(Cl)ccc32)c(OC)c1. The topological polar surface area (TPSA) is 94.5 Å². The second kappa shape index (κ2) is 11.8. The second-order valence-corrected chi connectivity index (χ2v) is 9.43. The van der Waals surface area contributed by atoms with Gasteiger partial charge in [0.1, 0.15) is 29.5 Å². The van der Waals surface area contributed by atoms with Gasteiger partial charge in [-0.25, -0.2) is 0 Å². The highest BCUT2D eigenvalue weighted by atomic mass is 35.5. The summed E-state index contributed by atoms with van der Waals surface area (Å²) < 4.78 is 59.8. The Kier molecular flexibility index (Phi) is 8.67. The number of benzene rings is 3. The van der Waals surface area contributed by atoms with Crippen LogP contribution in [0.4, 0.5) is 18.9 Å². The molecule has 0 saturated heterocycles. The number of ether oxygens (including phenoxy) is 4. The maximum atomic E-state index is 13.8. The molecule has 0 bridgehead atoms. The monoisotopic (exact) mass is 599 g/mol. The maximum absolute atomic E-state index is 13.8. The molecule has 0 spiro atoms. The molecule has 40 heavy (non-hydrogen) atoms. The van der Waals surface area contributed by atoms with E-state index in [4.69, 9.17) is 37.4 Å². The van der Waals surface area contributed by atoms with Crippen molar-refractivity contribution in [1.29, 1.82) is 0 Å². The number of alkyl halides is 3. The molecule has 0 aliphatic carbocycles. The number of halogens is 5. The lowest BCUT2D eigenvalue weighted by molar-refractivity contribution is -0.274. The highest BCUT2D eigenvalue weighted by Gasteiger charge is 2.40. The van der Waals surface area contributed by atoms with Gasteiger partial charge in [-0.05, 0) is 36.4 Å². The smallest absolute Gasteiger partial charge is 0.497 e. The van der Waals surface area contributed by atoms with Crippen LogP contribution in [0.2, 0.25) is 10.0 Å². The molecule has 4 rings (SSSR count). The zero-order valence-electron chi connectivity index (χ0n) is 21.0. The van der Waals surface area contributed by atoms with Gasteiger partial charge in [0.25, 0.3) is 5.91 Å². The Bertz CT molecular complexity index is 1430. The highest BCUT2D eigenvalue weighted by Crippen LogP contribution is 2.45. The predicted octanol–water partition coefficient (Wildman–Crippen LogP) is 6.41. The molecule has 1 aliphatic heterocycles. The van der Waals surface area contributed by atoms with Gasteiger partial charge in [0.2, 0.25) is 0 Å². The van der Waals surface area contributed by atoms with Gasteiger partial charge in [-0.15, -0.1) is 13.2 Å². The number of carboxylic acid groups (broad SMARTS) is 1. The van der Waals surface area contributed by atoms with Crippen molar-refractivity contribution in [1.82, 2.24) is 0 Å². The largest absolute Gasteiger partial charge is 0.573 e. The normalized spacial score (nSPS) is 17.2. The molecule has 2 atom stereocenters. The van der Waals surface area contributed by atoms with E-state index < -0.39 is 47.6 Å². The van der Waals surface area contributed by atoms with Crippen molar-refractivity contribution < 1.29 is 46.8 Å². The van der Waals surface area contributed by atoms with Crippen LogP contribution in [0.15, 0.2) is 54.6 Å². The van der Waals surface area contributed by atoms with Crippen LogP contribution in [0.3, 0.4) is 0 Å². The first-order valence-corrected chi connectivity index (χ1v) is 12.4. The van der Waals surface area contributed by atoms with Crippen molar-refractivity contribution >= 4 is 40.8 Å². The fraction of sp³-hybridized carbons (Fsp3) is 0.259. The molecule has 0 saturated carbocycles. The number of nitrogens with zero attached hydrogens (tertiary/aromatic N) is 1. The Morgan fingerprint density at radius 3 is 2.42 bits per heavy atom. The molecule has 3 aromatic rings. The molecular weight excluding hydrogens is 578 g/mol. The summed E-state index contributed by atoms with van der Waals surface area (Å²) in [5.74, 6) is -1.81. The highest BCUT2D eigenvalue weighted by molar-refractivity contribution is 6.33. The van der Waals surface area contributed by atoms with E-state index in [2.05, 4.69) is 4.74 Å². The molecule has 0 aromatic heterocycles. The van der Waals surface area contributed by atoms with Gasteiger partial charge >= 0.3 is 12.3 Å². The van der Waals surface area contributed by atoms with Gasteiger partial charge in [-0.1, -0.05) is 35.3 Å². The summed E-state index contributed by atoms with van der Waals surface area (Å²) in [6.45, 7) is -0.0716. The quantitative estimate of drug-likeness (QED) is 0.320. The summed E-state index contributed by atoms with van der Waals surface area (Å²) in [5, 5.41) is 9.36. The summed E-state index contributed by atoms with van der Waals surface area (Å²) in [5.41, 5.74) is 1.12. The lowest BCUT2D eigenvalue weighted by Crippen LogP contribution is -2.40. The first-order chi connectivity index (χ1) is 18.9. The van der Waals surface area contributed by atoms with Crippen LogP contribution in [0.1, 0.15) is 29.2 Å². The third-order valence-electron chi connectivity index (χ3n) is 6.09. The second-order valence-electron chi connectivity index (χ2n) is 8.62. The minimum absolute atomic E-state index is 0.0130. The molecule has 1 heterocycles. The molecule has 212 valence electrons. The zero-order valence-corrected chi connectivity index (χ0v) is 22.5. The van der Waals surface area contributed by atoms with Crippen molar-refractivity contribution in [3.63, 3.8) is 0 Å². The van der Waals surface area contributed by atoms with Crippen LogP contribution < -0.4 is 19.1 Å². The van der Waals surface area contributed by atoms with Crippen LogP contribution in [0, 0.1) is 0 Å². The molecule has 0 fully saturated rings. The fourth-order valence-electron chi connectivity index (χ4n) is 4.35. The summed E-state index contributed by atoms with van der Waals surface area (Å²) in [6, 6.07) is 13.2. The Morgan fingerprint density at radius 2 is 1.77 bits per heavy atom. The number of carbonyl (C=O) groups is 2. The van der Waals surface area contributed by atoms with Crippen molar-refractivity contribution in [2.24, 2.45) is 0 Å². The average molecular weight is 600 g/mol. The molecule has 1 N–H and O–H groups in total. The molecule has 8 nitrogen and oxygen atoms in total. The number of methoxy groups -OCH3 is 2. The van der Waals surface area contributed by atoms with Gasteiger partial charge in [0, 0.05) is 27.8 Å². The van der Waals surface area contributed by atoms with Crippen molar-refractivity contribution in [2.75, 3.05) is 19.1 Å².